The monoisotopic (exact) mass is 1810 g/mol. The molecule has 4 aliphatic heterocycles. The zero-order valence-corrected chi connectivity index (χ0v) is 82.6. The number of carbonyl (C=O) groups excluding carboxylic acids is 1. The number of phenols is 2. The number of allylic oxidation sites excluding steroid dienone is 2. The number of benzene rings is 8. The summed E-state index contributed by atoms with van der Waals surface area (Å²) in [6.07, 6.45) is 12.7. The number of ether oxygens (including phenoxy) is 6. The summed E-state index contributed by atoms with van der Waals surface area (Å²) < 4.78 is 71.8. The van der Waals surface area contributed by atoms with Crippen LogP contribution in [0.2, 0.25) is 0 Å². The first-order valence-corrected chi connectivity index (χ1v) is 45.7. The molecule has 0 saturated carbocycles. The number of phenolic OH excluding ortho intramolecular Hbond substituents is 2. The number of hydrogen-bond acceptors (Lipinski definition) is 13. The third kappa shape index (κ3) is 44.1. The van der Waals surface area contributed by atoms with Gasteiger partial charge in [0, 0.05) is 79.6 Å². The van der Waals surface area contributed by atoms with E-state index >= 15 is 0 Å². The van der Waals surface area contributed by atoms with Gasteiger partial charge in [0.2, 0.25) is 14.2 Å². The topological polar surface area (TPSA) is 205 Å². The first-order valence-electron chi connectivity index (χ1n) is 39.6. The minimum absolute atomic E-state index is 0. The molecule has 8 aromatic rings. The second-order valence-corrected chi connectivity index (χ2v) is 36.8. The van der Waals surface area contributed by atoms with Gasteiger partial charge in [0.15, 0.2) is 6.29 Å². The van der Waals surface area contributed by atoms with E-state index in [1.165, 1.54) is 80.4 Å². The molecule has 4 N–H and O–H groups in total. The maximum absolute atomic E-state index is 11.0. The van der Waals surface area contributed by atoms with Gasteiger partial charge in [-0.1, -0.05) is 193 Å². The average Bonchev–Trinajstić information content (AvgIpc) is 1.66. The van der Waals surface area contributed by atoms with Crippen molar-refractivity contribution in [1.29, 1.82) is 0 Å². The Morgan fingerprint density at radius 2 is 0.892 bits per heavy atom. The van der Waals surface area contributed by atoms with Gasteiger partial charge in [-0.25, -0.2) is 4.21 Å². The summed E-state index contributed by atoms with van der Waals surface area (Å²) in [4.78, 5) is 10.9. The number of rotatable bonds is 18. The molecule has 0 saturated heterocycles. The summed E-state index contributed by atoms with van der Waals surface area (Å²) in [5.41, 5.74) is 21.6. The molecule has 0 atom stereocenters. The summed E-state index contributed by atoms with van der Waals surface area (Å²) in [5, 5.41) is 27.0. The second kappa shape index (κ2) is 56.8. The summed E-state index contributed by atoms with van der Waals surface area (Å²) >= 11 is 21.2. The van der Waals surface area contributed by atoms with Gasteiger partial charge in [0.05, 0.1) is 22.9 Å². The number of alkyl halides is 4. The number of hydrogen-bond donors (Lipinski definition) is 4. The maximum atomic E-state index is 11.0. The van der Waals surface area contributed by atoms with Crippen LogP contribution in [0.15, 0.2) is 187 Å². The summed E-state index contributed by atoms with van der Waals surface area (Å²) in [5.74, 6) is 6.53. The molecule has 24 heteroatoms. The van der Waals surface area contributed by atoms with Crippen molar-refractivity contribution in [2.75, 3.05) is 19.6 Å². The van der Waals surface area contributed by atoms with Crippen molar-refractivity contribution in [3.8, 4) is 40.2 Å². The molecule has 0 unspecified atom stereocenters. The van der Waals surface area contributed by atoms with Gasteiger partial charge in [0.25, 0.3) is 10.1 Å². The van der Waals surface area contributed by atoms with Crippen LogP contribution in [0.3, 0.4) is 0 Å². The van der Waals surface area contributed by atoms with Crippen LogP contribution in [0.1, 0.15) is 220 Å². The van der Waals surface area contributed by atoms with Crippen LogP contribution in [-0.2, 0) is 114 Å². The molecule has 4 heterocycles. The molecule has 12 rings (SSSR count). The third-order valence-corrected chi connectivity index (χ3v) is 19.9. The predicted molar refractivity (Wildman–Crippen MR) is 503 cm³/mol. The first kappa shape index (κ1) is 114. The number of aliphatic hydroxyl groups is 1. The maximum Gasteiger partial charge on any atom is 1.00 e. The van der Waals surface area contributed by atoms with E-state index in [2.05, 4.69) is 190 Å². The number of fused-ring (bicyclic) bond motifs is 4. The van der Waals surface area contributed by atoms with E-state index in [4.69, 9.17) is 84.0 Å². The van der Waals surface area contributed by atoms with Gasteiger partial charge < -0.3 is 45.2 Å². The number of carbonyl (C=O) groups is 1. The molecule has 0 aliphatic carbocycles. The molecule has 14 nitrogen and oxygen atoms in total. The van der Waals surface area contributed by atoms with Crippen molar-refractivity contribution in [1.82, 2.24) is 0 Å². The Hall–Kier alpha value is -5.97. The minimum Gasteiger partial charge on any atom is -1.00 e. The van der Waals surface area contributed by atoms with E-state index in [0.717, 1.165) is 151 Å². The van der Waals surface area contributed by atoms with Crippen molar-refractivity contribution in [3.63, 3.8) is 0 Å². The molecule has 4 aliphatic rings. The smallest absolute Gasteiger partial charge is 1.00 e. The van der Waals surface area contributed by atoms with Gasteiger partial charge >= 0.3 is 29.6 Å². The van der Waals surface area contributed by atoms with E-state index in [0.29, 0.717) is 35.4 Å². The molecule has 0 fully saturated rings. The van der Waals surface area contributed by atoms with Crippen LogP contribution < -0.4 is 53.2 Å². The molecule has 0 spiro atoms. The van der Waals surface area contributed by atoms with Crippen LogP contribution >= 0.6 is 67.8 Å². The molecule has 0 bridgehead atoms. The fraction of sp³-hybridized carbons (Fsp3) is 0.427. The van der Waals surface area contributed by atoms with Crippen LogP contribution in [0.25, 0.3) is 0 Å². The van der Waals surface area contributed by atoms with Crippen LogP contribution in [-0.4, -0.2) is 94.2 Å². The van der Waals surface area contributed by atoms with Gasteiger partial charge in [0.1, 0.15) is 69.3 Å². The average molecular weight is 1820 g/mol. The first-order chi connectivity index (χ1) is 55.2. The Morgan fingerprint density at radius 1 is 0.533 bits per heavy atom. The van der Waals surface area contributed by atoms with Gasteiger partial charge in [-0.2, -0.15) is 8.42 Å². The van der Waals surface area contributed by atoms with E-state index in [-0.39, 0.29) is 73.3 Å². The molecule has 0 amide bonds. The zero-order chi connectivity index (χ0) is 89.5. The Kier molecular flexibility index (Phi) is 54.0. The van der Waals surface area contributed by atoms with Crippen molar-refractivity contribution in [2.24, 2.45) is 0 Å². The second-order valence-electron chi connectivity index (χ2n) is 31.4. The summed E-state index contributed by atoms with van der Waals surface area (Å²) in [6, 6.07) is 46.4. The molecular weight excluding hydrogens is 1690 g/mol. The third-order valence-electron chi connectivity index (χ3n) is 18.0. The van der Waals surface area contributed by atoms with E-state index < -0.39 is 24.4 Å². The van der Waals surface area contributed by atoms with Crippen molar-refractivity contribution >= 4 is 102 Å². The number of methoxy groups -OCH3 is 1. The SMILES string of the molecule is C=C(C)CCl.C=C(C)COc1ccc(CC)cc1.C=C(C)Cc1cc(CC)ccc1O.CCc1cc(C=O)c2c(c1)CC(C)(C)O2.CCc1cc(CCl)c2c(c1)CC(C)(C)O2.CCc1cc(CO)c2c(c1)CC(C)(C)O2.CCc1ccc(O)cc1.CCc1ccc2c(c1)CC(C)(C)O2.COC(Cl)Cl.Cc1ccc(S(=O)(=O)O)cc1.O=S(Cl)Cl.[B].[H-].[Na+]. The van der Waals surface area contributed by atoms with E-state index in [9.17, 15) is 23.4 Å². The van der Waals surface area contributed by atoms with Crippen LogP contribution in [0.4, 0.5) is 0 Å². The molecule has 8 aromatic carbocycles. The molecule has 0 aromatic heterocycles. The van der Waals surface area contributed by atoms with Crippen molar-refractivity contribution < 1.29 is 96.7 Å². The number of aryl methyl sites for hydroxylation is 8. The van der Waals surface area contributed by atoms with Crippen molar-refractivity contribution in [2.45, 2.75) is 253 Å². The number of halogens is 6. The van der Waals surface area contributed by atoms with Crippen molar-refractivity contribution in [3.05, 3.63) is 271 Å². The fourth-order valence-corrected chi connectivity index (χ4v) is 12.8. The van der Waals surface area contributed by atoms with Crippen LogP contribution in [0.5, 0.6) is 40.2 Å². The fourth-order valence-electron chi connectivity index (χ4n) is 12.1. The Bertz CT molecular complexity index is 4520. The zero-order valence-electron chi connectivity index (χ0n) is 75.5. The Morgan fingerprint density at radius 3 is 1.28 bits per heavy atom. The molecular formula is C96H129BCl6NaO14S2. The quantitative estimate of drug-likeness (QED) is 0.0158. The Balaban J connectivity index is 0. The number of aliphatic hydroxyl groups excluding tert-OH is 1. The number of aldehydes is 1. The van der Waals surface area contributed by atoms with E-state index in [1.54, 1.807) is 30.3 Å². The standard InChI is InChI=1S/C13H17ClO.C13H18O2.C13H16O2.3C12H16O.C8H10O.C7H8O3S.C4H7Cl.C2H4Cl2O.B.Cl2OS.Na.H/c3*1-4-9-5-10-7-13(2,3)15-12(10)11(6-9)8-14;1-4-9-5-6-11-10(7-9)8-12(2,3)13-11;1-4-11-5-7-12(8-6-11)13-9-10(2)3;1-4-10-5-6-12(13)11(8-10)7-9(2)3;1-2-7-3-5-8(9)6-4-7;1-6-2-4-7(5-3-6)11(8,9)10;1-4(2)3-5;1-5-2(3)4;;1-4(2)3;;/h5-6H,4,7-8H2,1-3H3;5-6,14H,4,7-8H2,1-3H3;5-6,8H,4,7H2,1-3H3;5-7H,4,8H2,1-3H3;5-8H,2,4,9H2,1,3H3;5-6,8,13H,2,4,7H2,1,3H3;3-6,9H,2H2,1H3;2-5H,1H3,(H,8,9,10);1,3H2,2H3;2H,1H3;;;;/q;;;;;;;;;;;;+1;-1. The van der Waals surface area contributed by atoms with Gasteiger partial charge in [-0.05, 0) is 267 Å². The Labute approximate surface area is 776 Å². The van der Waals surface area contributed by atoms with Crippen LogP contribution in [0, 0.1) is 6.92 Å². The van der Waals surface area contributed by atoms with Gasteiger partial charge in [-0.15, -0.1) is 23.2 Å². The normalized spacial score (nSPS) is 13.3. The summed E-state index contributed by atoms with van der Waals surface area (Å²) in [7, 11) is 4.77. The molecule has 3 radical (unpaired) electrons. The van der Waals surface area contributed by atoms with E-state index in [1.807, 2.05) is 90.1 Å². The molecule has 120 heavy (non-hydrogen) atoms. The molecule has 655 valence electrons. The minimum atomic E-state index is -4.02. The van der Waals surface area contributed by atoms with Gasteiger partial charge in [-0.3, -0.25) is 9.35 Å². The largest absolute Gasteiger partial charge is 1.00 e. The summed E-state index contributed by atoms with van der Waals surface area (Å²) in [6.45, 7) is 51.2. The predicted octanol–water partition coefficient (Wildman–Crippen LogP) is 22.3. The number of aromatic hydroxyl groups is 2.